The number of hydrogen-bond acceptors (Lipinski definition) is 8. The second-order valence-corrected chi connectivity index (χ2v) is 12.8. The fraction of sp³-hybridized carbons (Fsp3) is 0.514. The van der Waals surface area contributed by atoms with Gasteiger partial charge in [-0.2, -0.15) is 0 Å². The molecule has 48 heavy (non-hydrogen) atoms. The standard InChI is InChI=1S/C37H49ClN2O8/c1-7-19-39-36(43)28(22-25-17-18-30(45-6)27(38)21-25)40-32(41)16-12-15-29(24(5)34-35(48-34)26-13-10-9-11-14-26)47-37(44)31(20-23(3)4)46-33(42)8-2/h9-14,16-18,21,23-24,28-29,31,34-35H,7-8,15,19-20,22H2,1-6H3,(H,39,43)(H,40,41)/b16-12+/t24-,28?,29-,31?,34+,35+/m0/s1. The highest BCUT2D eigenvalue weighted by Crippen LogP contribution is 2.45. The number of methoxy groups -OCH3 is 1. The van der Waals surface area contributed by atoms with Gasteiger partial charge in [0.2, 0.25) is 11.8 Å². The van der Waals surface area contributed by atoms with E-state index in [-0.39, 0.29) is 49.2 Å². The molecule has 3 rings (SSSR count). The SMILES string of the molecule is CCCNC(=O)C(Cc1ccc(OC)c(Cl)c1)NC(=O)/C=C/C[C@H](OC(=O)C(CC(C)C)OC(=O)CC)[C@H](C)[C@H]1O[C@@H]1c1ccccc1. The highest BCUT2D eigenvalue weighted by Gasteiger charge is 2.47. The molecule has 1 aliphatic rings. The van der Waals surface area contributed by atoms with Crippen LogP contribution in [0.1, 0.15) is 77.5 Å². The van der Waals surface area contributed by atoms with E-state index in [1.165, 1.54) is 13.2 Å². The number of hydrogen-bond donors (Lipinski definition) is 2. The Labute approximate surface area is 288 Å². The van der Waals surface area contributed by atoms with Gasteiger partial charge < -0.3 is 29.6 Å². The zero-order chi connectivity index (χ0) is 35.2. The molecule has 10 nitrogen and oxygen atoms in total. The van der Waals surface area contributed by atoms with Gasteiger partial charge in [-0.3, -0.25) is 14.4 Å². The number of nitrogens with one attached hydrogen (secondary N) is 2. The van der Waals surface area contributed by atoms with Crippen molar-refractivity contribution in [3.63, 3.8) is 0 Å². The summed E-state index contributed by atoms with van der Waals surface area (Å²) < 4.78 is 22.7. The molecule has 1 heterocycles. The van der Waals surface area contributed by atoms with E-state index in [4.69, 9.17) is 30.5 Å². The normalized spacial score (nSPS) is 18.0. The Bertz CT molecular complexity index is 1400. The van der Waals surface area contributed by atoms with Crippen molar-refractivity contribution in [1.29, 1.82) is 0 Å². The van der Waals surface area contributed by atoms with Gasteiger partial charge in [0.05, 0.1) is 18.2 Å². The van der Waals surface area contributed by atoms with E-state index in [0.717, 1.165) is 17.5 Å². The number of benzene rings is 2. The lowest BCUT2D eigenvalue weighted by molar-refractivity contribution is -0.174. The predicted octanol–water partition coefficient (Wildman–Crippen LogP) is 5.90. The Morgan fingerprint density at radius 2 is 1.75 bits per heavy atom. The number of carbonyl (C=O) groups is 4. The molecule has 11 heteroatoms. The van der Waals surface area contributed by atoms with E-state index < -0.39 is 36.1 Å². The second-order valence-electron chi connectivity index (χ2n) is 12.4. The molecule has 0 spiro atoms. The summed E-state index contributed by atoms with van der Waals surface area (Å²) in [4.78, 5) is 51.6. The Morgan fingerprint density at radius 1 is 1.02 bits per heavy atom. The maximum Gasteiger partial charge on any atom is 0.347 e. The number of amides is 2. The average Bonchev–Trinajstić information content (AvgIpc) is 3.87. The third-order valence-corrected chi connectivity index (χ3v) is 8.31. The molecular weight excluding hydrogens is 636 g/mol. The molecule has 2 aromatic carbocycles. The molecule has 6 atom stereocenters. The van der Waals surface area contributed by atoms with Gasteiger partial charge >= 0.3 is 11.9 Å². The molecule has 1 fully saturated rings. The maximum absolute atomic E-state index is 13.4. The van der Waals surface area contributed by atoms with E-state index in [1.54, 1.807) is 31.2 Å². The molecule has 1 saturated heterocycles. The summed E-state index contributed by atoms with van der Waals surface area (Å²) in [5.74, 6) is -1.58. The number of ether oxygens (including phenoxy) is 4. The number of rotatable bonds is 19. The number of carbonyl (C=O) groups excluding carboxylic acids is 4. The smallest absolute Gasteiger partial charge is 0.347 e. The van der Waals surface area contributed by atoms with Crippen LogP contribution in [0.3, 0.4) is 0 Å². The molecule has 2 N–H and O–H groups in total. The van der Waals surface area contributed by atoms with Crippen LogP contribution in [0.2, 0.25) is 5.02 Å². The van der Waals surface area contributed by atoms with Crippen LogP contribution in [-0.2, 0) is 39.8 Å². The average molecular weight is 685 g/mol. The van der Waals surface area contributed by atoms with Crippen LogP contribution in [-0.4, -0.2) is 61.8 Å². The number of esters is 2. The zero-order valence-corrected chi connectivity index (χ0v) is 29.5. The fourth-order valence-corrected chi connectivity index (χ4v) is 5.57. The Balaban J connectivity index is 1.75. The van der Waals surface area contributed by atoms with E-state index in [9.17, 15) is 19.2 Å². The number of epoxide rings is 1. The minimum Gasteiger partial charge on any atom is -0.495 e. The molecule has 0 aliphatic carbocycles. The van der Waals surface area contributed by atoms with Gasteiger partial charge in [-0.05, 0) is 48.1 Å². The summed E-state index contributed by atoms with van der Waals surface area (Å²) in [5.41, 5.74) is 1.77. The first-order valence-corrected chi connectivity index (χ1v) is 17.0. The summed E-state index contributed by atoms with van der Waals surface area (Å²) >= 11 is 6.29. The maximum atomic E-state index is 13.4. The minimum absolute atomic E-state index is 0.0808. The highest BCUT2D eigenvalue weighted by atomic mass is 35.5. The zero-order valence-electron chi connectivity index (χ0n) is 28.7. The van der Waals surface area contributed by atoms with Gasteiger partial charge in [-0.25, -0.2) is 4.79 Å². The van der Waals surface area contributed by atoms with Crippen LogP contribution < -0.4 is 15.4 Å². The summed E-state index contributed by atoms with van der Waals surface area (Å²) in [6, 6.07) is 14.1. The molecule has 262 valence electrons. The predicted molar refractivity (Wildman–Crippen MR) is 183 cm³/mol. The van der Waals surface area contributed by atoms with Gasteiger partial charge in [0.15, 0.2) is 6.10 Å². The van der Waals surface area contributed by atoms with Gasteiger partial charge in [-0.15, -0.1) is 0 Å². The summed E-state index contributed by atoms with van der Waals surface area (Å²) in [5, 5.41) is 6.04. The highest BCUT2D eigenvalue weighted by molar-refractivity contribution is 6.32. The van der Waals surface area contributed by atoms with Crippen molar-refractivity contribution in [3.05, 3.63) is 76.8 Å². The number of halogens is 1. The lowest BCUT2D eigenvalue weighted by Gasteiger charge is -2.25. The van der Waals surface area contributed by atoms with Gasteiger partial charge in [0.25, 0.3) is 0 Å². The van der Waals surface area contributed by atoms with Gasteiger partial charge in [0.1, 0.15) is 24.0 Å². The second kappa shape index (κ2) is 19.2. The third-order valence-electron chi connectivity index (χ3n) is 8.01. The van der Waals surface area contributed by atoms with Crippen molar-refractivity contribution in [1.82, 2.24) is 10.6 Å². The first-order valence-electron chi connectivity index (χ1n) is 16.6. The Morgan fingerprint density at radius 3 is 2.38 bits per heavy atom. The van der Waals surface area contributed by atoms with Crippen LogP contribution >= 0.6 is 11.6 Å². The van der Waals surface area contributed by atoms with E-state index in [0.29, 0.717) is 23.7 Å². The van der Waals surface area contributed by atoms with E-state index >= 15 is 0 Å². The van der Waals surface area contributed by atoms with E-state index in [1.807, 2.05) is 58.0 Å². The van der Waals surface area contributed by atoms with Crippen LogP contribution in [0.15, 0.2) is 60.7 Å². The third kappa shape index (κ3) is 12.0. The quantitative estimate of drug-likeness (QED) is 0.106. The molecule has 0 radical (unpaired) electrons. The van der Waals surface area contributed by atoms with Crippen molar-refractivity contribution in [3.8, 4) is 5.75 Å². The topological polar surface area (TPSA) is 133 Å². The van der Waals surface area contributed by atoms with Crippen LogP contribution in [0.25, 0.3) is 0 Å². The van der Waals surface area contributed by atoms with Crippen LogP contribution in [0, 0.1) is 11.8 Å². The summed E-state index contributed by atoms with van der Waals surface area (Å²) in [6.07, 6.45) is 2.47. The largest absolute Gasteiger partial charge is 0.495 e. The van der Waals surface area contributed by atoms with Gasteiger partial charge in [0, 0.05) is 31.7 Å². The fourth-order valence-electron chi connectivity index (χ4n) is 5.29. The monoisotopic (exact) mass is 684 g/mol. The van der Waals surface area contributed by atoms with Gasteiger partial charge in [-0.1, -0.05) is 88.7 Å². The Hall–Kier alpha value is -3.89. The van der Waals surface area contributed by atoms with Crippen molar-refractivity contribution in [2.24, 2.45) is 11.8 Å². The van der Waals surface area contributed by atoms with Crippen molar-refractivity contribution < 1.29 is 38.1 Å². The van der Waals surface area contributed by atoms with Crippen molar-refractivity contribution in [2.45, 2.75) is 97.2 Å². The van der Waals surface area contributed by atoms with Crippen molar-refractivity contribution >= 4 is 35.4 Å². The summed E-state index contributed by atoms with van der Waals surface area (Å²) in [7, 11) is 1.52. The summed E-state index contributed by atoms with van der Waals surface area (Å²) in [6.45, 7) is 9.87. The molecule has 2 aromatic rings. The first-order chi connectivity index (χ1) is 23.0. The molecule has 2 amide bonds. The van der Waals surface area contributed by atoms with Crippen LogP contribution in [0.4, 0.5) is 0 Å². The molecule has 0 aromatic heterocycles. The lowest BCUT2D eigenvalue weighted by Crippen LogP contribution is -2.47. The Kier molecular flexibility index (Phi) is 15.4. The van der Waals surface area contributed by atoms with Crippen LogP contribution in [0.5, 0.6) is 5.75 Å². The molecule has 0 bridgehead atoms. The van der Waals surface area contributed by atoms with E-state index in [2.05, 4.69) is 10.6 Å². The molecule has 0 saturated carbocycles. The first kappa shape index (κ1) is 38.6. The molecular formula is C37H49ClN2O8. The molecule has 1 aliphatic heterocycles. The van der Waals surface area contributed by atoms with Crippen molar-refractivity contribution in [2.75, 3.05) is 13.7 Å². The minimum atomic E-state index is -1.04. The molecule has 2 unspecified atom stereocenters. The lowest BCUT2D eigenvalue weighted by atomic mass is 9.93.